The molecule has 1 atom stereocenters. The molecule has 2 aromatic rings. The molecule has 8 nitrogen and oxygen atoms in total. The van der Waals surface area contributed by atoms with Crippen molar-refractivity contribution in [3.8, 4) is 17.2 Å². The number of rotatable bonds is 11. The van der Waals surface area contributed by atoms with Crippen molar-refractivity contribution < 1.29 is 28.9 Å². The van der Waals surface area contributed by atoms with Crippen molar-refractivity contribution in [1.82, 2.24) is 9.80 Å². The monoisotopic (exact) mass is 496 g/mol. The predicted octanol–water partition coefficient (Wildman–Crippen LogP) is 4.25. The van der Waals surface area contributed by atoms with Crippen molar-refractivity contribution in [1.29, 1.82) is 0 Å². The van der Waals surface area contributed by atoms with Gasteiger partial charge in [0.15, 0.2) is 11.5 Å². The fourth-order valence-electron chi connectivity index (χ4n) is 4.47. The molecule has 0 bridgehead atoms. The number of likely N-dealkylation sites (N-methyl/N-ethyl adjacent to an activating group) is 1. The molecule has 0 aromatic heterocycles. The molecule has 36 heavy (non-hydrogen) atoms. The maximum absolute atomic E-state index is 13.3. The Morgan fingerprint density at radius 2 is 1.69 bits per heavy atom. The second kappa shape index (κ2) is 11.9. The molecule has 8 heteroatoms. The Hall–Kier alpha value is -3.52. The number of aliphatic hydroxyl groups is 1. The molecule has 194 valence electrons. The van der Waals surface area contributed by atoms with E-state index in [1.54, 1.807) is 42.5 Å². The molecule has 1 aliphatic heterocycles. The lowest BCUT2D eigenvalue weighted by Crippen LogP contribution is -2.38. The number of hydrogen-bond donors (Lipinski definition) is 1. The summed E-state index contributed by atoms with van der Waals surface area (Å²) in [5.74, 6) is -0.106. The van der Waals surface area contributed by atoms with Crippen LogP contribution in [0, 0.1) is 0 Å². The van der Waals surface area contributed by atoms with E-state index in [2.05, 4.69) is 4.90 Å². The summed E-state index contributed by atoms with van der Waals surface area (Å²) in [5, 5.41) is 11.3. The molecule has 0 saturated carbocycles. The Morgan fingerprint density at radius 3 is 2.25 bits per heavy atom. The van der Waals surface area contributed by atoms with Gasteiger partial charge in [0.05, 0.1) is 31.9 Å². The molecule has 3 rings (SSSR count). The Labute approximate surface area is 213 Å². The van der Waals surface area contributed by atoms with Crippen molar-refractivity contribution in [2.24, 2.45) is 0 Å². The van der Waals surface area contributed by atoms with E-state index in [4.69, 9.17) is 14.2 Å². The number of carbonyl (C=O) groups excluding carboxylic acids is 2. The van der Waals surface area contributed by atoms with Gasteiger partial charge >= 0.3 is 0 Å². The van der Waals surface area contributed by atoms with Crippen molar-refractivity contribution in [3.05, 3.63) is 59.2 Å². The number of Topliss-reactive ketones (excluding diaryl/α,β-unsaturated/α-hetero) is 1. The zero-order chi connectivity index (χ0) is 26.4. The fraction of sp³-hybridized carbons (Fsp3) is 0.429. The maximum Gasteiger partial charge on any atom is 0.295 e. The number of ether oxygens (including phenoxy) is 3. The molecule has 1 aliphatic rings. The minimum atomic E-state index is -0.836. The predicted molar refractivity (Wildman–Crippen MR) is 139 cm³/mol. The first-order valence-electron chi connectivity index (χ1n) is 12.3. The standard InChI is InChI=1S/C28H36N2O6/c1-7-29(8-2)16-17-30-24(21-10-9-11-22(34-5)27(21)35-6)23(26(32)28(30)33)25(31)19-12-14-20(15-13-19)36-18(3)4/h9-15,18,24,31H,7-8,16-17H2,1-6H3/t24-/m1/s1. The van der Waals surface area contributed by atoms with Gasteiger partial charge in [-0.3, -0.25) is 9.59 Å². The summed E-state index contributed by atoms with van der Waals surface area (Å²) in [4.78, 5) is 30.3. The highest BCUT2D eigenvalue weighted by Gasteiger charge is 2.47. The summed E-state index contributed by atoms with van der Waals surface area (Å²) in [7, 11) is 3.04. The number of amides is 1. The van der Waals surface area contributed by atoms with Crippen LogP contribution in [-0.2, 0) is 9.59 Å². The molecule has 0 aliphatic carbocycles. The molecular formula is C28H36N2O6. The average Bonchev–Trinajstić information content (AvgIpc) is 3.13. The summed E-state index contributed by atoms with van der Waals surface area (Å²) in [6.45, 7) is 10.5. The molecule has 1 N–H and O–H groups in total. The zero-order valence-electron chi connectivity index (χ0n) is 21.9. The minimum Gasteiger partial charge on any atom is -0.507 e. The molecule has 1 heterocycles. The number of hydrogen-bond acceptors (Lipinski definition) is 7. The molecule has 0 radical (unpaired) electrons. The van der Waals surface area contributed by atoms with Crippen LogP contribution in [0.4, 0.5) is 0 Å². The third-order valence-electron chi connectivity index (χ3n) is 6.32. The van der Waals surface area contributed by atoms with Crippen LogP contribution in [-0.4, -0.2) is 73.1 Å². The lowest BCUT2D eigenvalue weighted by molar-refractivity contribution is -0.140. The van der Waals surface area contributed by atoms with E-state index < -0.39 is 17.7 Å². The summed E-state index contributed by atoms with van der Waals surface area (Å²) in [5.41, 5.74) is 1.00. The summed E-state index contributed by atoms with van der Waals surface area (Å²) < 4.78 is 16.8. The molecular weight excluding hydrogens is 460 g/mol. The third kappa shape index (κ3) is 5.49. The van der Waals surface area contributed by atoms with Crippen molar-refractivity contribution >= 4 is 17.4 Å². The van der Waals surface area contributed by atoms with E-state index in [0.717, 1.165) is 13.1 Å². The van der Waals surface area contributed by atoms with Crippen LogP contribution < -0.4 is 14.2 Å². The average molecular weight is 497 g/mol. The molecule has 0 spiro atoms. The van der Waals surface area contributed by atoms with E-state index in [-0.39, 0.29) is 17.4 Å². The van der Waals surface area contributed by atoms with E-state index in [0.29, 0.717) is 41.5 Å². The van der Waals surface area contributed by atoms with E-state index in [9.17, 15) is 14.7 Å². The molecule has 1 saturated heterocycles. The van der Waals surface area contributed by atoms with Gasteiger partial charge < -0.3 is 29.1 Å². The van der Waals surface area contributed by atoms with Crippen LogP contribution in [0.5, 0.6) is 17.2 Å². The number of likely N-dealkylation sites (tertiary alicyclic amines) is 1. The Bertz CT molecular complexity index is 1110. The van der Waals surface area contributed by atoms with Gasteiger partial charge in [-0.05, 0) is 57.3 Å². The first-order chi connectivity index (χ1) is 17.3. The fourth-order valence-corrected chi connectivity index (χ4v) is 4.47. The second-order valence-corrected chi connectivity index (χ2v) is 8.79. The number of nitrogens with zero attached hydrogens (tertiary/aromatic N) is 2. The topological polar surface area (TPSA) is 88.5 Å². The zero-order valence-corrected chi connectivity index (χ0v) is 21.9. The molecule has 1 fully saturated rings. The van der Waals surface area contributed by atoms with Crippen molar-refractivity contribution in [3.63, 3.8) is 0 Å². The van der Waals surface area contributed by atoms with Gasteiger partial charge in [0, 0.05) is 24.2 Å². The first-order valence-corrected chi connectivity index (χ1v) is 12.3. The molecule has 2 aromatic carbocycles. The third-order valence-corrected chi connectivity index (χ3v) is 6.32. The largest absolute Gasteiger partial charge is 0.507 e. The first kappa shape index (κ1) is 27.1. The van der Waals surface area contributed by atoms with Crippen LogP contribution in [0.2, 0.25) is 0 Å². The van der Waals surface area contributed by atoms with Crippen molar-refractivity contribution in [2.45, 2.75) is 39.8 Å². The number of aliphatic hydroxyl groups excluding tert-OH is 1. The van der Waals surface area contributed by atoms with Crippen molar-refractivity contribution in [2.75, 3.05) is 40.4 Å². The maximum atomic E-state index is 13.3. The number of ketones is 1. The number of carbonyl (C=O) groups is 2. The lowest BCUT2D eigenvalue weighted by Gasteiger charge is -2.29. The van der Waals surface area contributed by atoms with Gasteiger partial charge in [0.1, 0.15) is 11.5 Å². The Morgan fingerprint density at radius 1 is 1.03 bits per heavy atom. The SMILES string of the molecule is CCN(CC)CCN1C(=O)C(=O)C(=C(O)c2ccc(OC(C)C)cc2)[C@H]1c1cccc(OC)c1OC. The second-order valence-electron chi connectivity index (χ2n) is 8.79. The van der Waals surface area contributed by atoms with Crippen LogP contribution in [0.25, 0.3) is 5.76 Å². The lowest BCUT2D eigenvalue weighted by atomic mass is 9.94. The van der Waals surface area contributed by atoms with Gasteiger partial charge in [0.2, 0.25) is 0 Å². The van der Waals surface area contributed by atoms with E-state index in [1.807, 2.05) is 27.7 Å². The van der Waals surface area contributed by atoms with Gasteiger partial charge in [-0.25, -0.2) is 0 Å². The number of benzene rings is 2. The normalized spacial score (nSPS) is 17.2. The Balaban J connectivity index is 2.15. The molecule has 1 amide bonds. The highest BCUT2D eigenvalue weighted by atomic mass is 16.5. The van der Waals surface area contributed by atoms with Gasteiger partial charge in [-0.2, -0.15) is 0 Å². The van der Waals surface area contributed by atoms with Crippen LogP contribution >= 0.6 is 0 Å². The smallest absolute Gasteiger partial charge is 0.295 e. The van der Waals surface area contributed by atoms with E-state index in [1.165, 1.54) is 19.1 Å². The van der Waals surface area contributed by atoms with Gasteiger partial charge in [-0.15, -0.1) is 0 Å². The summed E-state index contributed by atoms with van der Waals surface area (Å²) >= 11 is 0. The van der Waals surface area contributed by atoms with Crippen LogP contribution in [0.15, 0.2) is 48.0 Å². The summed E-state index contributed by atoms with van der Waals surface area (Å²) in [6, 6.07) is 11.3. The highest BCUT2D eigenvalue weighted by Crippen LogP contribution is 2.45. The van der Waals surface area contributed by atoms with E-state index >= 15 is 0 Å². The number of methoxy groups -OCH3 is 2. The number of para-hydroxylation sites is 1. The van der Waals surface area contributed by atoms with Crippen LogP contribution in [0.3, 0.4) is 0 Å². The quantitative estimate of drug-likeness (QED) is 0.283. The Kier molecular flexibility index (Phi) is 8.98. The highest BCUT2D eigenvalue weighted by molar-refractivity contribution is 6.46. The molecule has 0 unspecified atom stereocenters. The minimum absolute atomic E-state index is 0.00102. The summed E-state index contributed by atoms with van der Waals surface area (Å²) in [6.07, 6.45) is 0.00102. The van der Waals surface area contributed by atoms with Gasteiger partial charge in [-0.1, -0.05) is 26.0 Å². The van der Waals surface area contributed by atoms with Gasteiger partial charge in [0.25, 0.3) is 11.7 Å². The van der Waals surface area contributed by atoms with Crippen LogP contribution in [0.1, 0.15) is 44.9 Å².